The Kier molecular flexibility index (Phi) is 4.01. The summed E-state index contributed by atoms with van der Waals surface area (Å²) in [6, 6.07) is 12.6. The average molecular weight is 283 g/mol. The second kappa shape index (κ2) is 6.10. The lowest BCUT2D eigenvalue weighted by atomic mass is 10.2. The molecule has 1 aliphatic rings. The van der Waals surface area contributed by atoms with Crippen molar-refractivity contribution in [1.82, 2.24) is 14.9 Å². The van der Waals surface area contributed by atoms with Crippen molar-refractivity contribution in [3.8, 4) is 0 Å². The Morgan fingerprint density at radius 2 is 1.76 bits per heavy atom. The van der Waals surface area contributed by atoms with Crippen LogP contribution in [-0.2, 0) is 6.54 Å². The lowest BCUT2D eigenvalue weighted by Gasteiger charge is -2.35. The third kappa shape index (κ3) is 3.49. The molecule has 0 saturated carbocycles. The minimum Gasteiger partial charge on any atom is -0.368 e. The van der Waals surface area contributed by atoms with E-state index in [9.17, 15) is 0 Å². The minimum absolute atomic E-state index is 0.358. The molecule has 0 radical (unpaired) electrons. The van der Waals surface area contributed by atoms with Crippen LogP contribution in [-0.4, -0.2) is 41.0 Å². The fourth-order valence-corrected chi connectivity index (χ4v) is 2.71. The van der Waals surface area contributed by atoms with Gasteiger partial charge in [0, 0.05) is 44.5 Å². The molecular weight excluding hydrogens is 262 g/mol. The van der Waals surface area contributed by atoms with E-state index in [0.717, 1.165) is 44.2 Å². The van der Waals surface area contributed by atoms with Gasteiger partial charge in [0.05, 0.1) is 0 Å². The maximum Gasteiger partial charge on any atom is 0.222 e. The van der Waals surface area contributed by atoms with E-state index in [1.54, 1.807) is 0 Å². The van der Waals surface area contributed by atoms with E-state index in [2.05, 4.69) is 50.1 Å². The molecule has 1 aromatic heterocycles. The van der Waals surface area contributed by atoms with Gasteiger partial charge in [-0.05, 0) is 12.5 Å². The van der Waals surface area contributed by atoms with Crippen LogP contribution in [0, 0.1) is 6.92 Å². The number of rotatable bonds is 3. The van der Waals surface area contributed by atoms with E-state index in [-0.39, 0.29) is 0 Å². The number of anilines is 2. The van der Waals surface area contributed by atoms with Crippen molar-refractivity contribution < 1.29 is 0 Å². The first-order valence-corrected chi connectivity index (χ1v) is 7.33. The van der Waals surface area contributed by atoms with Crippen LogP contribution in [0.5, 0.6) is 0 Å². The molecule has 5 nitrogen and oxygen atoms in total. The molecule has 1 saturated heterocycles. The van der Waals surface area contributed by atoms with Crippen LogP contribution >= 0.6 is 0 Å². The maximum absolute atomic E-state index is 5.74. The lowest BCUT2D eigenvalue weighted by Crippen LogP contribution is -2.46. The Balaban J connectivity index is 1.60. The molecule has 0 atom stereocenters. The second-order valence-corrected chi connectivity index (χ2v) is 5.47. The smallest absolute Gasteiger partial charge is 0.222 e. The molecule has 0 unspecified atom stereocenters. The van der Waals surface area contributed by atoms with Crippen molar-refractivity contribution in [2.24, 2.45) is 0 Å². The lowest BCUT2D eigenvalue weighted by molar-refractivity contribution is 0.249. The van der Waals surface area contributed by atoms with Crippen LogP contribution < -0.4 is 10.6 Å². The number of nitrogens with zero attached hydrogens (tertiary/aromatic N) is 4. The number of piperazine rings is 1. The van der Waals surface area contributed by atoms with Gasteiger partial charge in [0.2, 0.25) is 5.95 Å². The first-order valence-electron chi connectivity index (χ1n) is 7.33. The molecule has 2 aromatic rings. The van der Waals surface area contributed by atoms with E-state index < -0.39 is 0 Å². The SMILES string of the molecule is Cc1cc(N2CCN(Cc3ccccc3)CC2)nc(N)n1. The summed E-state index contributed by atoms with van der Waals surface area (Å²) in [7, 11) is 0. The molecule has 2 heterocycles. The summed E-state index contributed by atoms with van der Waals surface area (Å²) < 4.78 is 0. The molecule has 1 aliphatic heterocycles. The molecule has 0 spiro atoms. The van der Waals surface area contributed by atoms with Gasteiger partial charge < -0.3 is 10.6 Å². The molecule has 0 bridgehead atoms. The zero-order valence-electron chi connectivity index (χ0n) is 12.4. The van der Waals surface area contributed by atoms with Crippen molar-refractivity contribution in [3.05, 3.63) is 47.7 Å². The molecular formula is C16H21N5. The normalized spacial score (nSPS) is 16.1. The molecule has 3 rings (SSSR count). The van der Waals surface area contributed by atoms with Crippen molar-refractivity contribution in [3.63, 3.8) is 0 Å². The molecule has 1 fully saturated rings. The number of aromatic nitrogens is 2. The van der Waals surface area contributed by atoms with Crippen LogP contribution in [0.4, 0.5) is 11.8 Å². The Morgan fingerprint density at radius 1 is 1.05 bits per heavy atom. The highest BCUT2D eigenvalue weighted by atomic mass is 15.3. The third-order valence-electron chi connectivity index (χ3n) is 3.80. The summed E-state index contributed by atoms with van der Waals surface area (Å²) in [6.07, 6.45) is 0. The summed E-state index contributed by atoms with van der Waals surface area (Å²) in [5, 5.41) is 0. The van der Waals surface area contributed by atoms with E-state index in [1.165, 1.54) is 5.56 Å². The van der Waals surface area contributed by atoms with E-state index in [0.29, 0.717) is 5.95 Å². The number of aryl methyl sites for hydroxylation is 1. The Bertz CT molecular complexity index is 571. The van der Waals surface area contributed by atoms with Crippen molar-refractivity contribution >= 4 is 11.8 Å². The van der Waals surface area contributed by atoms with Gasteiger partial charge in [-0.25, -0.2) is 4.98 Å². The van der Waals surface area contributed by atoms with Gasteiger partial charge in [-0.2, -0.15) is 4.98 Å². The van der Waals surface area contributed by atoms with Crippen LogP contribution in [0.2, 0.25) is 0 Å². The largest absolute Gasteiger partial charge is 0.368 e. The second-order valence-electron chi connectivity index (χ2n) is 5.47. The summed E-state index contributed by atoms with van der Waals surface area (Å²) in [4.78, 5) is 13.2. The Morgan fingerprint density at radius 3 is 2.43 bits per heavy atom. The molecule has 1 aromatic carbocycles. The van der Waals surface area contributed by atoms with Crippen molar-refractivity contribution in [2.45, 2.75) is 13.5 Å². The fourth-order valence-electron chi connectivity index (χ4n) is 2.71. The molecule has 5 heteroatoms. The quantitative estimate of drug-likeness (QED) is 0.929. The predicted octanol–water partition coefficient (Wildman–Crippen LogP) is 1.69. The van der Waals surface area contributed by atoms with Gasteiger partial charge in [-0.15, -0.1) is 0 Å². The zero-order valence-corrected chi connectivity index (χ0v) is 12.4. The number of benzene rings is 1. The van der Waals surface area contributed by atoms with E-state index in [1.807, 2.05) is 13.0 Å². The predicted molar refractivity (Wildman–Crippen MR) is 85.1 cm³/mol. The zero-order chi connectivity index (χ0) is 14.7. The van der Waals surface area contributed by atoms with Crippen LogP contribution in [0.1, 0.15) is 11.3 Å². The van der Waals surface area contributed by atoms with Gasteiger partial charge in [0.15, 0.2) is 0 Å². The van der Waals surface area contributed by atoms with E-state index >= 15 is 0 Å². The van der Waals surface area contributed by atoms with Crippen molar-refractivity contribution in [2.75, 3.05) is 36.8 Å². The van der Waals surface area contributed by atoms with Gasteiger partial charge in [-0.3, -0.25) is 4.90 Å². The Hall–Kier alpha value is -2.14. The molecule has 2 N–H and O–H groups in total. The van der Waals surface area contributed by atoms with Crippen LogP contribution in [0.15, 0.2) is 36.4 Å². The monoisotopic (exact) mass is 283 g/mol. The molecule has 0 amide bonds. The molecule has 21 heavy (non-hydrogen) atoms. The number of nitrogens with two attached hydrogens (primary N) is 1. The van der Waals surface area contributed by atoms with Gasteiger partial charge >= 0.3 is 0 Å². The standard InChI is InChI=1S/C16H21N5/c1-13-11-15(19-16(17)18-13)21-9-7-20(8-10-21)12-14-5-3-2-4-6-14/h2-6,11H,7-10,12H2,1H3,(H2,17,18,19). The fraction of sp³-hybridized carbons (Fsp3) is 0.375. The first kappa shape index (κ1) is 13.8. The minimum atomic E-state index is 0.358. The summed E-state index contributed by atoms with van der Waals surface area (Å²) in [5.41, 5.74) is 8.03. The third-order valence-corrected chi connectivity index (χ3v) is 3.80. The molecule has 0 aliphatic carbocycles. The highest BCUT2D eigenvalue weighted by molar-refractivity contribution is 5.43. The number of nitrogen functional groups attached to an aromatic ring is 1. The first-order chi connectivity index (χ1) is 10.2. The highest BCUT2D eigenvalue weighted by Crippen LogP contribution is 2.16. The van der Waals surface area contributed by atoms with E-state index in [4.69, 9.17) is 5.73 Å². The number of hydrogen-bond acceptors (Lipinski definition) is 5. The maximum atomic E-state index is 5.74. The summed E-state index contributed by atoms with van der Waals surface area (Å²) in [6.45, 7) is 6.99. The van der Waals surface area contributed by atoms with Gasteiger partial charge in [0.25, 0.3) is 0 Å². The van der Waals surface area contributed by atoms with Crippen LogP contribution in [0.25, 0.3) is 0 Å². The molecule has 110 valence electrons. The average Bonchev–Trinajstić information content (AvgIpc) is 2.48. The summed E-state index contributed by atoms with van der Waals surface area (Å²) in [5.74, 6) is 1.30. The Labute approximate surface area is 125 Å². The topological polar surface area (TPSA) is 58.3 Å². The number of hydrogen-bond donors (Lipinski definition) is 1. The highest BCUT2D eigenvalue weighted by Gasteiger charge is 2.18. The summed E-state index contributed by atoms with van der Waals surface area (Å²) >= 11 is 0. The van der Waals surface area contributed by atoms with Crippen LogP contribution in [0.3, 0.4) is 0 Å². The van der Waals surface area contributed by atoms with Gasteiger partial charge in [-0.1, -0.05) is 30.3 Å². The van der Waals surface area contributed by atoms with Gasteiger partial charge in [0.1, 0.15) is 5.82 Å². The van der Waals surface area contributed by atoms with Crippen molar-refractivity contribution in [1.29, 1.82) is 0 Å².